The van der Waals surface area contributed by atoms with Gasteiger partial charge in [0.1, 0.15) is 5.60 Å². The van der Waals surface area contributed by atoms with Crippen LogP contribution in [0.4, 0.5) is 4.79 Å². The number of likely N-dealkylation sites (tertiary alicyclic amines) is 1. The highest BCUT2D eigenvalue weighted by Gasteiger charge is 2.31. The number of piperidine rings is 1. The number of Topliss-reactive ketones (excluding diaryl/α,β-unsaturated/α-hetero) is 1. The summed E-state index contributed by atoms with van der Waals surface area (Å²) < 4.78 is 5.41. The summed E-state index contributed by atoms with van der Waals surface area (Å²) in [6.45, 7) is 8.59. The number of hydrogen-bond acceptors (Lipinski definition) is 4. The molecule has 0 unspecified atom stereocenters. The second kappa shape index (κ2) is 6.50. The van der Waals surface area contributed by atoms with E-state index in [9.17, 15) is 9.59 Å². The topological polar surface area (TPSA) is 75.3 Å². The van der Waals surface area contributed by atoms with Gasteiger partial charge in [0.15, 0.2) is 5.78 Å². The SMILES string of the molecule is Cc1[nH]c2cnccc2c1C(=O)C1CCN(C(=O)OC(C)(C)C)CC1. The number of H-pyrrole nitrogens is 1. The van der Waals surface area contributed by atoms with E-state index in [4.69, 9.17) is 4.74 Å². The van der Waals surface area contributed by atoms with Gasteiger partial charge in [-0.2, -0.15) is 0 Å². The number of aryl methyl sites for hydroxylation is 1. The molecule has 3 rings (SSSR count). The van der Waals surface area contributed by atoms with Gasteiger partial charge in [-0.25, -0.2) is 4.79 Å². The predicted octanol–water partition coefficient (Wildman–Crippen LogP) is 3.70. The van der Waals surface area contributed by atoms with Crippen molar-refractivity contribution < 1.29 is 14.3 Å². The standard InChI is InChI=1S/C19H25N3O3/c1-12-16(14-5-8-20-11-15(14)21-12)17(23)13-6-9-22(10-7-13)18(24)25-19(2,3)4/h5,8,11,13,21H,6-7,9-10H2,1-4H3. The van der Waals surface area contributed by atoms with Crippen LogP contribution >= 0.6 is 0 Å². The van der Waals surface area contributed by atoms with Gasteiger partial charge in [0.2, 0.25) is 0 Å². The van der Waals surface area contributed by atoms with Gasteiger partial charge in [-0.1, -0.05) is 0 Å². The van der Waals surface area contributed by atoms with Crippen molar-refractivity contribution in [2.75, 3.05) is 13.1 Å². The molecule has 6 nitrogen and oxygen atoms in total. The number of amides is 1. The average molecular weight is 343 g/mol. The molecule has 0 spiro atoms. The molecule has 0 aliphatic carbocycles. The Bertz CT molecular complexity index is 796. The normalized spacial score (nSPS) is 16.2. The molecule has 25 heavy (non-hydrogen) atoms. The minimum Gasteiger partial charge on any atom is -0.444 e. The summed E-state index contributed by atoms with van der Waals surface area (Å²) in [6, 6.07) is 1.88. The average Bonchev–Trinajstić information content (AvgIpc) is 2.88. The van der Waals surface area contributed by atoms with Gasteiger partial charge in [-0.05, 0) is 46.6 Å². The van der Waals surface area contributed by atoms with E-state index in [1.54, 1.807) is 17.3 Å². The third-order valence-corrected chi connectivity index (χ3v) is 4.55. The molecule has 134 valence electrons. The molecule has 0 aromatic carbocycles. The molecule has 0 atom stereocenters. The number of hydrogen-bond donors (Lipinski definition) is 1. The third kappa shape index (κ3) is 3.67. The Morgan fingerprint density at radius 2 is 1.96 bits per heavy atom. The van der Waals surface area contributed by atoms with E-state index in [0.29, 0.717) is 25.9 Å². The van der Waals surface area contributed by atoms with Crippen molar-refractivity contribution in [1.82, 2.24) is 14.9 Å². The molecule has 1 aliphatic heterocycles. The van der Waals surface area contributed by atoms with Crippen LogP contribution in [0.2, 0.25) is 0 Å². The molecular formula is C19H25N3O3. The summed E-state index contributed by atoms with van der Waals surface area (Å²) >= 11 is 0. The lowest BCUT2D eigenvalue weighted by Gasteiger charge is -2.33. The minimum atomic E-state index is -0.501. The quantitative estimate of drug-likeness (QED) is 0.844. The Kier molecular flexibility index (Phi) is 4.54. The second-order valence-electron chi connectivity index (χ2n) is 7.65. The Morgan fingerprint density at radius 1 is 1.28 bits per heavy atom. The molecule has 6 heteroatoms. The molecule has 2 aromatic rings. The number of ether oxygens (including phenoxy) is 1. The molecule has 2 aromatic heterocycles. The number of fused-ring (bicyclic) bond motifs is 1. The van der Waals surface area contributed by atoms with Gasteiger partial charge in [-0.3, -0.25) is 9.78 Å². The van der Waals surface area contributed by atoms with Crippen molar-refractivity contribution in [1.29, 1.82) is 0 Å². The summed E-state index contributed by atoms with van der Waals surface area (Å²) in [7, 11) is 0. The zero-order valence-corrected chi connectivity index (χ0v) is 15.3. The van der Waals surface area contributed by atoms with Crippen LogP contribution in [0.3, 0.4) is 0 Å². The summed E-state index contributed by atoms with van der Waals surface area (Å²) in [5.41, 5.74) is 2.02. The highest BCUT2D eigenvalue weighted by Crippen LogP contribution is 2.28. The van der Waals surface area contributed by atoms with Gasteiger partial charge >= 0.3 is 6.09 Å². The Balaban J connectivity index is 1.69. The van der Waals surface area contributed by atoms with Crippen LogP contribution in [0, 0.1) is 12.8 Å². The fourth-order valence-corrected chi connectivity index (χ4v) is 3.35. The Morgan fingerprint density at radius 3 is 2.60 bits per heavy atom. The summed E-state index contributed by atoms with van der Waals surface area (Å²) in [5.74, 6) is 0.0864. The number of rotatable bonds is 2. The van der Waals surface area contributed by atoms with E-state index in [0.717, 1.165) is 22.2 Å². The van der Waals surface area contributed by atoms with E-state index in [-0.39, 0.29) is 17.8 Å². The molecule has 1 aliphatic rings. The van der Waals surface area contributed by atoms with E-state index >= 15 is 0 Å². The van der Waals surface area contributed by atoms with E-state index in [1.165, 1.54) is 0 Å². The predicted molar refractivity (Wildman–Crippen MR) is 95.7 cm³/mol. The lowest BCUT2D eigenvalue weighted by Crippen LogP contribution is -2.43. The first-order chi connectivity index (χ1) is 11.8. The van der Waals surface area contributed by atoms with Crippen LogP contribution in [-0.4, -0.2) is 45.4 Å². The monoisotopic (exact) mass is 343 g/mol. The Hall–Kier alpha value is -2.37. The lowest BCUT2D eigenvalue weighted by atomic mass is 9.88. The Labute approximate surface area is 147 Å². The van der Waals surface area contributed by atoms with Crippen molar-refractivity contribution in [2.24, 2.45) is 5.92 Å². The molecule has 1 N–H and O–H groups in total. The van der Waals surface area contributed by atoms with E-state index in [1.807, 2.05) is 33.8 Å². The number of nitrogens with one attached hydrogen (secondary N) is 1. The van der Waals surface area contributed by atoms with Crippen molar-refractivity contribution in [3.8, 4) is 0 Å². The lowest BCUT2D eigenvalue weighted by molar-refractivity contribution is 0.0182. The van der Waals surface area contributed by atoms with Crippen molar-refractivity contribution in [3.63, 3.8) is 0 Å². The van der Waals surface area contributed by atoms with Crippen LogP contribution in [0.1, 0.15) is 49.7 Å². The second-order valence-corrected chi connectivity index (χ2v) is 7.65. The fraction of sp³-hybridized carbons (Fsp3) is 0.526. The minimum absolute atomic E-state index is 0.0652. The zero-order chi connectivity index (χ0) is 18.2. The molecule has 3 heterocycles. The van der Waals surface area contributed by atoms with Gasteiger partial charge in [0, 0.05) is 41.8 Å². The highest BCUT2D eigenvalue weighted by molar-refractivity contribution is 6.10. The fourth-order valence-electron chi connectivity index (χ4n) is 3.35. The molecule has 1 fully saturated rings. The summed E-state index contributed by atoms with van der Waals surface area (Å²) in [4.78, 5) is 34.2. The molecular weight excluding hydrogens is 318 g/mol. The number of aromatic amines is 1. The maximum Gasteiger partial charge on any atom is 0.410 e. The number of ketones is 1. The van der Waals surface area contributed by atoms with Gasteiger partial charge in [0.25, 0.3) is 0 Å². The maximum absolute atomic E-state index is 13.0. The molecule has 1 amide bonds. The number of pyridine rings is 1. The molecule has 0 radical (unpaired) electrons. The first-order valence-electron chi connectivity index (χ1n) is 8.70. The van der Waals surface area contributed by atoms with Crippen molar-refractivity contribution in [2.45, 2.75) is 46.1 Å². The van der Waals surface area contributed by atoms with Gasteiger partial charge in [-0.15, -0.1) is 0 Å². The van der Waals surface area contributed by atoms with Crippen LogP contribution in [-0.2, 0) is 4.74 Å². The van der Waals surface area contributed by atoms with Crippen LogP contribution in [0.25, 0.3) is 10.9 Å². The van der Waals surface area contributed by atoms with Crippen LogP contribution in [0.5, 0.6) is 0 Å². The molecule has 0 bridgehead atoms. The highest BCUT2D eigenvalue weighted by atomic mass is 16.6. The first-order valence-corrected chi connectivity index (χ1v) is 8.70. The molecule has 0 saturated carbocycles. The number of aromatic nitrogens is 2. The van der Waals surface area contributed by atoms with E-state index < -0.39 is 5.60 Å². The zero-order valence-electron chi connectivity index (χ0n) is 15.3. The summed E-state index contributed by atoms with van der Waals surface area (Å²) in [5, 5.41) is 0.923. The van der Waals surface area contributed by atoms with Crippen LogP contribution in [0.15, 0.2) is 18.5 Å². The number of nitrogens with zero attached hydrogens (tertiary/aromatic N) is 2. The smallest absolute Gasteiger partial charge is 0.410 e. The number of carbonyl (C=O) groups is 2. The molecule has 1 saturated heterocycles. The van der Waals surface area contributed by atoms with E-state index in [2.05, 4.69) is 9.97 Å². The van der Waals surface area contributed by atoms with Crippen LogP contribution < -0.4 is 0 Å². The first kappa shape index (κ1) is 17.5. The van der Waals surface area contributed by atoms with Gasteiger partial charge in [0.05, 0.1) is 11.7 Å². The third-order valence-electron chi connectivity index (χ3n) is 4.55. The van der Waals surface area contributed by atoms with Crippen molar-refractivity contribution in [3.05, 3.63) is 29.7 Å². The summed E-state index contributed by atoms with van der Waals surface area (Å²) in [6.07, 6.45) is 4.47. The van der Waals surface area contributed by atoms with Gasteiger partial charge < -0.3 is 14.6 Å². The largest absolute Gasteiger partial charge is 0.444 e. The van der Waals surface area contributed by atoms with Crippen molar-refractivity contribution >= 4 is 22.8 Å². The number of carbonyl (C=O) groups excluding carboxylic acids is 2. The maximum atomic E-state index is 13.0.